The highest BCUT2D eigenvalue weighted by atomic mass is 32.2. The summed E-state index contributed by atoms with van der Waals surface area (Å²) in [6, 6.07) is 27.2. The number of hydrogen-bond donors (Lipinski definition) is 4. The maximum absolute atomic E-state index is 12.0. The van der Waals surface area contributed by atoms with E-state index in [0.717, 1.165) is 43.5 Å². The van der Waals surface area contributed by atoms with Crippen LogP contribution in [0, 0.1) is 0 Å². The van der Waals surface area contributed by atoms with Crippen LogP contribution in [-0.2, 0) is 22.2 Å². The number of amides is 1. The molecule has 0 aliphatic heterocycles. The Balaban J connectivity index is 1.38. The highest BCUT2D eigenvalue weighted by Gasteiger charge is 2.37. The number of ether oxygens (including phenoxy) is 1. The van der Waals surface area contributed by atoms with E-state index in [1.807, 2.05) is 36.4 Å². The van der Waals surface area contributed by atoms with Crippen LogP contribution in [-0.4, -0.2) is 39.3 Å². The quantitative estimate of drug-likeness (QED) is 0.279. The molecule has 8 nitrogen and oxygen atoms in total. The van der Waals surface area contributed by atoms with E-state index in [-0.39, 0.29) is 12.0 Å². The number of carbonyl (C=O) groups is 1. The van der Waals surface area contributed by atoms with Crippen LogP contribution >= 0.6 is 0 Å². The molecule has 1 saturated carbocycles. The van der Waals surface area contributed by atoms with Crippen molar-refractivity contribution in [3.63, 3.8) is 0 Å². The molecule has 1 aliphatic carbocycles. The zero-order chi connectivity index (χ0) is 27.0. The molecule has 3 aromatic rings. The minimum Gasteiger partial charge on any atom is -0.497 e. The van der Waals surface area contributed by atoms with E-state index in [1.54, 1.807) is 7.11 Å². The van der Waals surface area contributed by atoms with Gasteiger partial charge in [-0.25, -0.2) is 9.52 Å². The van der Waals surface area contributed by atoms with E-state index >= 15 is 0 Å². The summed E-state index contributed by atoms with van der Waals surface area (Å²) in [6.45, 7) is 0.915. The summed E-state index contributed by atoms with van der Waals surface area (Å²) in [5.74, 6) is 0.759. The highest BCUT2D eigenvalue weighted by Crippen LogP contribution is 2.43. The number of carboxylic acid groups (broad SMARTS) is 1. The average Bonchev–Trinajstić information content (AvgIpc) is 2.92. The van der Waals surface area contributed by atoms with E-state index in [9.17, 15) is 13.2 Å². The van der Waals surface area contributed by atoms with Crippen LogP contribution in [0.5, 0.6) is 5.75 Å². The molecule has 0 aromatic heterocycles. The fraction of sp³-hybridized carbons (Fsp3) is 0.345. The van der Waals surface area contributed by atoms with Gasteiger partial charge in [0.15, 0.2) is 0 Å². The predicted octanol–water partition coefficient (Wildman–Crippen LogP) is 4.82. The molecule has 1 fully saturated rings. The SMILES string of the molecule is COc1cccc([C@]2(CCNS(=O)(=O)NC(=O)O)CC[C@H](NCc3ccc(-c4ccccc4)cc3)CC2)c1. The Labute approximate surface area is 224 Å². The normalized spacial score (nSPS) is 19.6. The number of benzene rings is 3. The van der Waals surface area contributed by atoms with E-state index in [1.165, 1.54) is 21.4 Å². The van der Waals surface area contributed by atoms with Gasteiger partial charge in [0, 0.05) is 19.1 Å². The summed E-state index contributed by atoms with van der Waals surface area (Å²) in [7, 11) is -2.48. The van der Waals surface area contributed by atoms with Crippen molar-refractivity contribution in [2.24, 2.45) is 0 Å². The Morgan fingerprint density at radius 1 is 0.974 bits per heavy atom. The molecular weight excluding hydrogens is 502 g/mol. The Kier molecular flexibility index (Phi) is 9.04. The molecule has 202 valence electrons. The predicted molar refractivity (Wildman–Crippen MR) is 148 cm³/mol. The van der Waals surface area contributed by atoms with E-state index in [4.69, 9.17) is 9.84 Å². The van der Waals surface area contributed by atoms with Crippen molar-refractivity contribution in [1.29, 1.82) is 0 Å². The second kappa shape index (κ2) is 12.4. The van der Waals surface area contributed by atoms with Gasteiger partial charge in [-0.3, -0.25) is 0 Å². The molecule has 4 rings (SSSR count). The van der Waals surface area contributed by atoms with E-state index < -0.39 is 16.3 Å². The summed E-state index contributed by atoms with van der Waals surface area (Å²) in [4.78, 5) is 10.8. The van der Waals surface area contributed by atoms with Crippen molar-refractivity contribution in [1.82, 2.24) is 14.8 Å². The lowest BCUT2D eigenvalue weighted by Crippen LogP contribution is -2.44. The zero-order valence-electron chi connectivity index (χ0n) is 21.5. The van der Waals surface area contributed by atoms with Gasteiger partial charge in [-0.05, 0) is 71.9 Å². The topological polar surface area (TPSA) is 117 Å². The van der Waals surface area contributed by atoms with Crippen molar-refractivity contribution in [3.05, 3.63) is 90.0 Å². The minimum absolute atomic E-state index is 0.131. The first-order valence-electron chi connectivity index (χ1n) is 12.8. The molecule has 0 bridgehead atoms. The molecule has 9 heteroatoms. The van der Waals surface area contributed by atoms with Gasteiger partial charge in [0.25, 0.3) is 0 Å². The molecule has 0 saturated heterocycles. The van der Waals surface area contributed by atoms with Gasteiger partial charge in [0.05, 0.1) is 7.11 Å². The third kappa shape index (κ3) is 7.34. The van der Waals surface area contributed by atoms with Gasteiger partial charge in [-0.15, -0.1) is 0 Å². The summed E-state index contributed by atoms with van der Waals surface area (Å²) in [6.07, 6.45) is 2.58. The number of hydrogen-bond acceptors (Lipinski definition) is 5. The fourth-order valence-corrected chi connectivity index (χ4v) is 5.97. The largest absolute Gasteiger partial charge is 0.497 e. The molecule has 4 N–H and O–H groups in total. The van der Waals surface area contributed by atoms with Crippen LogP contribution in [0.3, 0.4) is 0 Å². The lowest BCUT2D eigenvalue weighted by molar-refractivity contribution is 0.201. The maximum Gasteiger partial charge on any atom is 0.419 e. The Hall–Kier alpha value is -3.40. The van der Waals surface area contributed by atoms with E-state index in [0.29, 0.717) is 12.5 Å². The van der Waals surface area contributed by atoms with Gasteiger partial charge >= 0.3 is 16.3 Å². The molecule has 0 unspecified atom stereocenters. The van der Waals surface area contributed by atoms with Gasteiger partial charge < -0.3 is 15.2 Å². The van der Waals surface area contributed by atoms with Gasteiger partial charge in [-0.1, -0.05) is 66.7 Å². The summed E-state index contributed by atoms with van der Waals surface area (Å²) in [5, 5.41) is 12.5. The molecule has 0 heterocycles. The average molecular weight is 538 g/mol. The lowest BCUT2D eigenvalue weighted by Gasteiger charge is -2.41. The van der Waals surface area contributed by atoms with Gasteiger partial charge in [0.2, 0.25) is 0 Å². The van der Waals surface area contributed by atoms with E-state index in [2.05, 4.69) is 52.5 Å². The standard InChI is InChI=1S/C29H35N3O5S/c1-37-27-9-5-8-25(20-27)29(18-19-31-38(35,36)32-28(33)34)16-14-26(15-17-29)30-21-22-10-12-24(13-11-22)23-6-3-2-4-7-23/h2-13,20,26,30-32H,14-19,21H2,1H3,(H,33,34)/t26-,29+. The molecule has 1 aliphatic rings. The molecular formula is C29H35N3O5S. The molecule has 0 atom stereocenters. The van der Waals surface area contributed by atoms with Crippen LogP contribution in [0.4, 0.5) is 4.79 Å². The fourth-order valence-electron chi connectivity index (χ4n) is 5.29. The second-order valence-electron chi connectivity index (χ2n) is 9.79. The monoisotopic (exact) mass is 537 g/mol. The first-order chi connectivity index (χ1) is 18.3. The Morgan fingerprint density at radius 3 is 2.32 bits per heavy atom. The van der Waals surface area contributed by atoms with Crippen LogP contribution in [0.25, 0.3) is 11.1 Å². The molecule has 0 spiro atoms. The molecule has 38 heavy (non-hydrogen) atoms. The second-order valence-corrected chi connectivity index (χ2v) is 11.3. The first kappa shape index (κ1) is 27.6. The third-order valence-electron chi connectivity index (χ3n) is 7.40. The Morgan fingerprint density at radius 2 is 1.66 bits per heavy atom. The van der Waals surface area contributed by atoms with Crippen molar-refractivity contribution in [2.45, 2.75) is 50.1 Å². The summed E-state index contributed by atoms with van der Waals surface area (Å²) >= 11 is 0. The van der Waals surface area contributed by atoms with Gasteiger partial charge in [-0.2, -0.15) is 13.1 Å². The highest BCUT2D eigenvalue weighted by molar-refractivity contribution is 7.88. The van der Waals surface area contributed by atoms with Crippen LogP contribution in [0.1, 0.15) is 43.2 Å². The van der Waals surface area contributed by atoms with Crippen molar-refractivity contribution in [2.75, 3.05) is 13.7 Å². The van der Waals surface area contributed by atoms with Crippen LogP contribution < -0.4 is 19.5 Å². The number of rotatable bonds is 11. The molecule has 1 amide bonds. The summed E-state index contributed by atoms with van der Waals surface area (Å²) in [5.41, 5.74) is 4.50. The van der Waals surface area contributed by atoms with Crippen LogP contribution in [0.15, 0.2) is 78.9 Å². The third-order valence-corrected chi connectivity index (χ3v) is 8.43. The minimum atomic E-state index is -4.11. The van der Waals surface area contributed by atoms with Gasteiger partial charge in [0.1, 0.15) is 5.75 Å². The molecule has 0 radical (unpaired) electrons. The number of nitrogens with one attached hydrogen (secondary N) is 3. The Bertz CT molecular complexity index is 1310. The zero-order valence-corrected chi connectivity index (χ0v) is 22.3. The van der Waals surface area contributed by atoms with Crippen molar-refractivity contribution >= 4 is 16.3 Å². The molecule has 3 aromatic carbocycles. The maximum atomic E-state index is 12.0. The summed E-state index contributed by atoms with van der Waals surface area (Å²) < 4.78 is 33.3. The van der Waals surface area contributed by atoms with Crippen molar-refractivity contribution in [3.8, 4) is 16.9 Å². The number of methoxy groups -OCH3 is 1. The lowest BCUT2D eigenvalue weighted by atomic mass is 9.66. The first-order valence-corrected chi connectivity index (χ1v) is 14.3. The smallest absolute Gasteiger partial charge is 0.419 e. The van der Waals surface area contributed by atoms with Crippen LogP contribution in [0.2, 0.25) is 0 Å². The van der Waals surface area contributed by atoms with Crippen molar-refractivity contribution < 1.29 is 23.1 Å².